The zero-order chi connectivity index (χ0) is 24.0. The van der Waals surface area contributed by atoms with Gasteiger partial charge in [0.05, 0.1) is 35.2 Å². The summed E-state index contributed by atoms with van der Waals surface area (Å²) in [5.41, 5.74) is 5.55. The number of ether oxygens (including phenoxy) is 2. The summed E-state index contributed by atoms with van der Waals surface area (Å²) in [7, 11) is 0. The van der Waals surface area contributed by atoms with Crippen molar-refractivity contribution in [2.75, 3.05) is 0 Å². The van der Waals surface area contributed by atoms with Crippen molar-refractivity contribution in [1.82, 2.24) is 9.78 Å². The predicted octanol–water partition coefficient (Wildman–Crippen LogP) is 6.66. The highest BCUT2D eigenvalue weighted by Gasteiger charge is 2.63. The van der Waals surface area contributed by atoms with Gasteiger partial charge in [0.1, 0.15) is 5.82 Å². The number of hydrogen-bond donors (Lipinski definition) is 0. The topological polar surface area (TPSA) is 36.3 Å². The first-order chi connectivity index (χ1) is 17.1. The van der Waals surface area contributed by atoms with Crippen LogP contribution >= 0.6 is 0 Å². The van der Waals surface area contributed by atoms with Crippen LogP contribution in [0.1, 0.15) is 62.8 Å². The molecule has 0 amide bonds. The van der Waals surface area contributed by atoms with E-state index in [1.54, 1.807) is 12.1 Å². The molecule has 1 spiro atoms. The maximum Gasteiger partial charge on any atom is 0.179 e. The van der Waals surface area contributed by atoms with Crippen LogP contribution in [0.5, 0.6) is 0 Å². The molecular weight excluding hydrogens is 439 g/mol. The number of fused-ring (bicyclic) bond motifs is 3. The van der Waals surface area contributed by atoms with Crippen LogP contribution in [0.2, 0.25) is 0 Å². The lowest BCUT2D eigenvalue weighted by atomic mass is 9.58. The average Bonchev–Trinajstić information content (AvgIpc) is 3.46. The van der Waals surface area contributed by atoms with Gasteiger partial charge in [0, 0.05) is 6.42 Å². The second kappa shape index (κ2) is 8.72. The van der Waals surface area contributed by atoms with Crippen molar-refractivity contribution < 1.29 is 13.9 Å². The van der Waals surface area contributed by atoms with E-state index in [1.165, 1.54) is 28.8 Å². The van der Waals surface area contributed by atoms with Gasteiger partial charge in [0.25, 0.3) is 0 Å². The van der Waals surface area contributed by atoms with Gasteiger partial charge in [0.2, 0.25) is 0 Å². The Hall–Kier alpha value is -2.76. The van der Waals surface area contributed by atoms with Gasteiger partial charge >= 0.3 is 0 Å². The Morgan fingerprint density at radius 3 is 2.40 bits per heavy atom. The largest absolute Gasteiger partial charge is 0.343 e. The van der Waals surface area contributed by atoms with Crippen LogP contribution in [0, 0.1) is 11.2 Å². The molecule has 1 aromatic heterocycles. The van der Waals surface area contributed by atoms with E-state index in [0.29, 0.717) is 0 Å². The molecule has 0 N–H and O–H groups in total. The van der Waals surface area contributed by atoms with Gasteiger partial charge in [0.15, 0.2) is 5.79 Å². The number of aromatic nitrogens is 2. The Bertz CT molecular complexity index is 1220. The monoisotopic (exact) mass is 472 g/mol. The first-order valence-corrected chi connectivity index (χ1v) is 13.0. The third kappa shape index (κ3) is 3.59. The summed E-state index contributed by atoms with van der Waals surface area (Å²) in [6.07, 6.45) is 11.1. The molecule has 4 nitrogen and oxygen atoms in total. The van der Waals surface area contributed by atoms with Crippen molar-refractivity contribution in [2.24, 2.45) is 5.41 Å². The summed E-state index contributed by atoms with van der Waals surface area (Å²) in [6.45, 7) is 4.40. The third-order valence-electron chi connectivity index (χ3n) is 8.31. The third-order valence-corrected chi connectivity index (χ3v) is 8.31. The van der Waals surface area contributed by atoms with Crippen LogP contribution in [0.15, 0.2) is 66.4 Å². The fourth-order valence-corrected chi connectivity index (χ4v) is 6.61. The Balaban J connectivity index is 1.48. The standard InChI is InChI=1S/C30H33FN2O2/c1-3-27-28(4-2)35-30(34-27)16-8-11-23-17-26-22(19-29(23,30)18-21-9-6-5-7-10-21)20-32-33(26)25-14-12-24(31)13-15-25/h5-7,9-10,12-15,17,20,27-28H,3-4,8,11,16,18-19H2,1-2H3/t27-,28-,29+/m1/s1. The van der Waals surface area contributed by atoms with Gasteiger partial charge in [-0.15, -0.1) is 0 Å². The molecule has 1 aliphatic heterocycles. The molecule has 3 aliphatic rings. The van der Waals surface area contributed by atoms with Crippen molar-refractivity contribution in [3.63, 3.8) is 0 Å². The molecule has 2 aliphatic carbocycles. The van der Waals surface area contributed by atoms with Gasteiger partial charge in [-0.3, -0.25) is 0 Å². The van der Waals surface area contributed by atoms with Crippen LogP contribution in [0.25, 0.3) is 11.8 Å². The summed E-state index contributed by atoms with van der Waals surface area (Å²) >= 11 is 0. The van der Waals surface area contributed by atoms with Gasteiger partial charge in [-0.2, -0.15) is 5.10 Å². The maximum absolute atomic E-state index is 13.6. The van der Waals surface area contributed by atoms with Crippen LogP contribution < -0.4 is 0 Å². The quantitative estimate of drug-likeness (QED) is 0.416. The second-order valence-corrected chi connectivity index (χ2v) is 10.3. The van der Waals surface area contributed by atoms with Crippen molar-refractivity contribution in [3.05, 3.63) is 89.0 Å². The van der Waals surface area contributed by atoms with Crippen molar-refractivity contribution >= 4 is 6.08 Å². The van der Waals surface area contributed by atoms with E-state index < -0.39 is 5.79 Å². The van der Waals surface area contributed by atoms with Crippen LogP contribution in [-0.2, 0) is 22.3 Å². The van der Waals surface area contributed by atoms with E-state index in [1.807, 2.05) is 10.9 Å². The molecule has 1 saturated carbocycles. The summed E-state index contributed by atoms with van der Waals surface area (Å²) in [5, 5.41) is 4.74. The fourth-order valence-electron chi connectivity index (χ4n) is 6.61. The minimum Gasteiger partial charge on any atom is -0.343 e. The lowest BCUT2D eigenvalue weighted by molar-refractivity contribution is -0.253. The van der Waals surface area contributed by atoms with Crippen molar-refractivity contribution in [1.29, 1.82) is 0 Å². The number of halogens is 1. The molecule has 2 heterocycles. The molecule has 6 rings (SSSR count). The first kappa shape index (κ1) is 22.7. The molecule has 5 heteroatoms. The van der Waals surface area contributed by atoms with E-state index >= 15 is 0 Å². The Morgan fingerprint density at radius 2 is 1.71 bits per heavy atom. The van der Waals surface area contributed by atoms with Crippen LogP contribution in [0.4, 0.5) is 4.39 Å². The Morgan fingerprint density at radius 1 is 1.00 bits per heavy atom. The molecule has 3 atom stereocenters. The van der Waals surface area contributed by atoms with Crippen molar-refractivity contribution in [2.45, 2.75) is 76.8 Å². The van der Waals surface area contributed by atoms with Gasteiger partial charge in [-0.05, 0) is 80.0 Å². The van der Waals surface area contributed by atoms with Crippen LogP contribution in [0.3, 0.4) is 0 Å². The lowest BCUT2D eigenvalue weighted by Gasteiger charge is -2.53. The molecule has 1 saturated heterocycles. The van der Waals surface area contributed by atoms with Gasteiger partial charge in [-0.25, -0.2) is 9.07 Å². The molecule has 2 fully saturated rings. The highest BCUT2D eigenvalue weighted by atomic mass is 19.1. The molecule has 182 valence electrons. The summed E-state index contributed by atoms with van der Waals surface area (Å²) < 4.78 is 29.5. The van der Waals surface area contributed by atoms with E-state index in [0.717, 1.165) is 56.3 Å². The van der Waals surface area contributed by atoms with E-state index in [4.69, 9.17) is 14.6 Å². The molecule has 0 bridgehead atoms. The fraction of sp³-hybridized carbons (Fsp3) is 0.433. The zero-order valence-electron chi connectivity index (χ0n) is 20.5. The van der Waals surface area contributed by atoms with E-state index in [-0.39, 0.29) is 23.4 Å². The molecule has 0 radical (unpaired) electrons. The SMILES string of the molecule is CC[C@H]1OC2(CCCC3=Cc4c(cnn4-c4ccc(F)cc4)C[C@@]32Cc2ccccc2)O[C@@H]1CC. The van der Waals surface area contributed by atoms with Gasteiger partial charge < -0.3 is 9.47 Å². The zero-order valence-corrected chi connectivity index (χ0v) is 20.5. The Labute approximate surface area is 206 Å². The lowest BCUT2D eigenvalue weighted by Crippen LogP contribution is -2.56. The number of nitrogens with zero attached hydrogens (tertiary/aromatic N) is 2. The molecule has 3 aromatic rings. The second-order valence-electron chi connectivity index (χ2n) is 10.3. The summed E-state index contributed by atoms with van der Waals surface area (Å²) in [4.78, 5) is 0. The molecule has 2 aromatic carbocycles. The van der Waals surface area contributed by atoms with Crippen LogP contribution in [-0.4, -0.2) is 27.8 Å². The van der Waals surface area contributed by atoms with E-state index in [2.05, 4.69) is 50.3 Å². The Kier molecular flexibility index (Phi) is 5.65. The smallest absolute Gasteiger partial charge is 0.179 e. The predicted molar refractivity (Wildman–Crippen MR) is 135 cm³/mol. The number of rotatable bonds is 5. The molecular formula is C30H33FN2O2. The minimum atomic E-state index is -0.635. The summed E-state index contributed by atoms with van der Waals surface area (Å²) in [6, 6.07) is 17.3. The minimum absolute atomic E-state index is 0.121. The number of benzene rings is 2. The molecule has 35 heavy (non-hydrogen) atoms. The van der Waals surface area contributed by atoms with E-state index in [9.17, 15) is 4.39 Å². The highest BCUT2D eigenvalue weighted by Crippen LogP contribution is 2.60. The highest BCUT2D eigenvalue weighted by molar-refractivity contribution is 5.62. The van der Waals surface area contributed by atoms with Crippen molar-refractivity contribution in [3.8, 4) is 5.69 Å². The first-order valence-electron chi connectivity index (χ1n) is 13.0. The summed E-state index contributed by atoms with van der Waals surface area (Å²) in [5.74, 6) is -0.875. The van der Waals surface area contributed by atoms with Gasteiger partial charge in [-0.1, -0.05) is 49.8 Å². The normalized spacial score (nSPS) is 26.9. The maximum atomic E-state index is 13.6. The number of hydrogen-bond acceptors (Lipinski definition) is 3. The average molecular weight is 473 g/mol. The molecule has 0 unspecified atom stereocenters.